The third-order valence-corrected chi connectivity index (χ3v) is 7.40. The Morgan fingerprint density at radius 1 is 0.774 bits per heavy atom. The quantitative estimate of drug-likeness (QED) is 0.557. The SMILES string of the molecule is O=C(c1cccc(S(=O)(=O)N2CCCC2)c1)N(Cc1ccccc1)Cc1ccccc1. The molecule has 0 unspecified atom stereocenters. The molecule has 0 saturated carbocycles. The largest absolute Gasteiger partial charge is 0.330 e. The topological polar surface area (TPSA) is 57.7 Å². The van der Waals surface area contributed by atoms with Gasteiger partial charge in [0.15, 0.2) is 0 Å². The van der Waals surface area contributed by atoms with Gasteiger partial charge in [-0.3, -0.25) is 4.79 Å². The highest BCUT2D eigenvalue weighted by Crippen LogP contribution is 2.23. The summed E-state index contributed by atoms with van der Waals surface area (Å²) in [7, 11) is -3.58. The molecular formula is C25H26N2O3S. The van der Waals surface area contributed by atoms with Gasteiger partial charge in [0.05, 0.1) is 4.90 Å². The van der Waals surface area contributed by atoms with Crippen LogP contribution in [0, 0.1) is 0 Å². The van der Waals surface area contributed by atoms with Crippen molar-refractivity contribution in [2.24, 2.45) is 0 Å². The Morgan fingerprint density at radius 3 is 1.87 bits per heavy atom. The summed E-state index contributed by atoms with van der Waals surface area (Å²) in [4.78, 5) is 15.4. The minimum atomic E-state index is -3.58. The summed E-state index contributed by atoms with van der Waals surface area (Å²) in [5.74, 6) is -0.189. The number of carbonyl (C=O) groups is 1. The number of amides is 1. The van der Waals surface area contributed by atoms with E-state index in [1.165, 1.54) is 10.4 Å². The highest BCUT2D eigenvalue weighted by Gasteiger charge is 2.28. The molecule has 3 aromatic carbocycles. The van der Waals surface area contributed by atoms with Gasteiger partial charge in [0.2, 0.25) is 10.0 Å². The van der Waals surface area contributed by atoms with Crippen molar-refractivity contribution in [1.82, 2.24) is 9.21 Å². The predicted octanol–water partition coefficient (Wildman–Crippen LogP) is 4.31. The average molecular weight is 435 g/mol. The molecule has 0 atom stereocenters. The molecular weight excluding hydrogens is 408 g/mol. The lowest BCUT2D eigenvalue weighted by Crippen LogP contribution is -2.31. The number of nitrogens with zero attached hydrogens (tertiary/aromatic N) is 2. The Labute approximate surface area is 184 Å². The van der Waals surface area contributed by atoms with E-state index in [4.69, 9.17) is 0 Å². The van der Waals surface area contributed by atoms with Crippen molar-refractivity contribution in [1.29, 1.82) is 0 Å². The van der Waals surface area contributed by atoms with Crippen molar-refractivity contribution in [2.45, 2.75) is 30.8 Å². The maximum Gasteiger partial charge on any atom is 0.254 e. The second-order valence-corrected chi connectivity index (χ2v) is 9.71. The predicted molar refractivity (Wildman–Crippen MR) is 121 cm³/mol. The summed E-state index contributed by atoms with van der Waals surface area (Å²) in [5.41, 5.74) is 2.42. The van der Waals surface area contributed by atoms with Gasteiger partial charge in [-0.25, -0.2) is 8.42 Å². The van der Waals surface area contributed by atoms with Gasteiger partial charge >= 0.3 is 0 Å². The van der Waals surface area contributed by atoms with Gasteiger partial charge in [-0.15, -0.1) is 0 Å². The van der Waals surface area contributed by atoms with E-state index < -0.39 is 10.0 Å². The zero-order valence-corrected chi connectivity index (χ0v) is 18.2. The lowest BCUT2D eigenvalue weighted by atomic mass is 10.1. The van der Waals surface area contributed by atoms with Crippen LogP contribution in [0.1, 0.15) is 34.3 Å². The van der Waals surface area contributed by atoms with E-state index in [9.17, 15) is 13.2 Å². The summed E-state index contributed by atoms with van der Waals surface area (Å²) in [6.07, 6.45) is 1.75. The van der Waals surface area contributed by atoms with E-state index >= 15 is 0 Å². The zero-order valence-electron chi connectivity index (χ0n) is 17.4. The maximum absolute atomic E-state index is 13.5. The van der Waals surface area contributed by atoms with Gasteiger partial charge in [0.25, 0.3) is 5.91 Å². The molecule has 0 aromatic heterocycles. The van der Waals surface area contributed by atoms with E-state index in [0.717, 1.165) is 24.0 Å². The van der Waals surface area contributed by atoms with Crippen LogP contribution in [0.25, 0.3) is 0 Å². The fourth-order valence-electron chi connectivity index (χ4n) is 3.86. The molecule has 0 N–H and O–H groups in total. The van der Waals surface area contributed by atoms with Crippen molar-refractivity contribution < 1.29 is 13.2 Å². The molecule has 6 heteroatoms. The van der Waals surface area contributed by atoms with Crippen LogP contribution < -0.4 is 0 Å². The van der Waals surface area contributed by atoms with Gasteiger partial charge in [-0.2, -0.15) is 4.31 Å². The van der Waals surface area contributed by atoms with Crippen LogP contribution in [0.15, 0.2) is 89.8 Å². The highest BCUT2D eigenvalue weighted by molar-refractivity contribution is 7.89. The molecule has 1 heterocycles. The first kappa shape index (κ1) is 21.3. The average Bonchev–Trinajstić information content (AvgIpc) is 3.36. The van der Waals surface area contributed by atoms with Crippen molar-refractivity contribution in [3.8, 4) is 0 Å². The Hall–Kier alpha value is -2.96. The van der Waals surface area contributed by atoms with Gasteiger partial charge < -0.3 is 4.90 Å². The van der Waals surface area contributed by atoms with Gasteiger partial charge in [-0.1, -0.05) is 66.7 Å². The molecule has 1 saturated heterocycles. The number of hydrogen-bond acceptors (Lipinski definition) is 3. The Kier molecular flexibility index (Phi) is 6.49. The minimum absolute atomic E-state index is 0.180. The molecule has 5 nitrogen and oxygen atoms in total. The molecule has 4 rings (SSSR count). The molecule has 1 fully saturated rings. The van der Waals surface area contributed by atoms with E-state index in [2.05, 4.69) is 0 Å². The van der Waals surface area contributed by atoms with Crippen LogP contribution >= 0.6 is 0 Å². The van der Waals surface area contributed by atoms with Crippen LogP contribution in [0.2, 0.25) is 0 Å². The lowest BCUT2D eigenvalue weighted by Gasteiger charge is -2.24. The second-order valence-electron chi connectivity index (χ2n) is 7.77. The Balaban J connectivity index is 1.63. The smallest absolute Gasteiger partial charge is 0.254 e. The van der Waals surface area contributed by atoms with Crippen molar-refractivity contribution >= 4 is 15.9 Å². The number of benzene rings is 3. The van der Waals surface area contributed by atoms with Crippen LogP contribution in [0.4, 0.5) is 0 Å². The van der Waals surface area contributed by atoms with Crippen molar-refractivity contribution in [2.75, 3.05) is 13.1 Å². The summed E-state index contributed by atoms with van der Waals surface area (Å²) in [6.45, 7) is 1.96. The van der Waals surface area contributed by atoms with Gasteiger partial charge in [0.1, 0.15) is 0 Å². The molecule has 1 amide bonds. The molecule has 1 aliphatic heterocycles. The summed E-state index contributed by atoms with van der Waals surface area (Å²) in [6, 6.07) is 26.0. The summed E-state index contributed by atoms with van der Waals surface area (Å²) in [5, 5.41) is 0. The van der Waals surface area contributed by atoms with Crippen molar-refractivity contribution in [3.05, 3.63) is 102 Å². The van der Waals surface area contributed by atoms with Crippen LogP contribution in [-0.4, -0.2) is 36.6 Å². The molecule has 1 aliphatic rings. The molecule has 0 radical (unpaired) electrons. The highest BCUT2D eigenvalue weighted by atomic mass is 32.2. The fourth-order valence-corrected chi connectivity index (χ4v) is 5.42. The maximum atomic E-state index is 13.5. The molecule has 0 spiro atoms. The van der Waals surface area contributed by atoms with E-state index in [1.807, 2.05) is 60.7 Å². The first-order valence-corrected chi connectivity index (χ1v) is 12.0. The van der Waals surface area contributed by atoms with E-state index in [1.54, 1.807) is 23.1 Å². The third-order valence-electron chi connectivity index (χ3n) is 5.50. The van der Waals surface area contributed by atoms with Crippen molar-refractivity contribution in [3.63, 3.8) is 0 Å². The van der Waals surface area contributed by atoms with Crippen LogP contribution in [0.3, 0.4) is 0 Å². The summed E-state index contributed by atoms with van der Waals surface area (Å²) >= 11 is 0. The molecule has 0 bridgehead atoms. The monoisotopic (exact) mass is 434 g/mol. The molecule has 3 aromatic rings. The third kappa shape index (κ3) is 5.03. The number of rotatable bonds is 7. The Morgan fingerprint density at radius 2 is 1.32 bits per heavy atom. The standard InChI is InChI=1S/C25H26N2O3S/c28-25(23-14-9-15-24(18-23)31(29,30)27-16-7-8-17-27)26(19-21-10-3-1-4-11-21)20-22-12-5-2-6-13-22/h1-6,9-15,18H,7-8,16-17,19-20H2. The van der Waals surface area contributed by atoms with Gasteiger partial charge in [0, 0.05) is 31.7 Å². The number of sulfonamides is 1. The van der Waals surface area contributed by atoms with E-state index in [-0.39, 0.29) is 10.8 Å². The molecule has 31 heavy (non-hydrogen) atoms. The van der Waals surface area contributed by atoms with Crippen LogP contribution in [0.5, 0.6) is 0 Å². The normalized spacial score (nSPS) is 14.5. The first-order chi connectivity index (χ1) is 15.0. The molecule has 160 valence electrons. The fraction of sp³-hybridized carbons (Fsp3) is 0.240. The zero-order chi connectivity index (χ0) is 21.7. The van der Waals surface area contributed by atoms with Gasteiger partial charge in [-0.05, 0) is 42.2 Å². The Bertz CT molecular complexity index is 1080. The van der Waals surface area contributed by atoms with E-state index in [0.29, 0.717) is 31.7 Å². The minimum Gasteiger partial charge on any atom is -0.330 e. The van der Waals surface area contributed by atoms with Crippen LogP contribution in [-0.2, 0) is 23.1 Å². The first-order valence-electron chi connectivity index (χ1n) is 10.5. The second kappa shape index (κ2) is 9.45. The molecule has 0 aliphatic carbocycles. The lowest BCUT2D eigenvalue weighted by molar-refractivity contribution is 0.0729. The number of hydrogen-bond donors (Lipinski definition) is 0. The summed E-state index contributed by atoms with van der Waals surface area (Å²) < 4.78 is 27.4. The number of carbonyl (C=O) groups excluding carboxylic acids is 1.